The Hall–Kier alpha value is -4.57. The van der Waals surface area contributed by atoms with Gasteiger partial charge in [0.15, 0.2) is 0 Å². The van der Waals surface area contributed by atoms with Crippen molar-refractivity contribution >= 4 is 68.6 Å². The summed E-state index contributed by atoms with van der Waals surface area (Å²) in [6.45, 7) is 10.7. The van der Waals surface area contributed by atoms with E-state index in [1.165, 1.54) is 6.21 Å². The molecule has 45 heavy (non-hydrogen) atoms. The Morgan fingerprint density at radius 2 is 1.44 bits per heavy atom. The van der Waals surface area contributed by atoms with Crippen molar-refractivity contribution in [1.29, 1.82) is 5.41 Å². The van der Waals surface area contributed by atoms with Gasteiger partial charge in [-0.05, 0) is 61.5 Å². The molecule has 0 unspecified atom stereocenters. The summed E-state index contributed by atoms with van der Waals surface area (Å²) in [6.07, 6.45) is 3.38. The number of hydrogen-bond donors (Lipinski definition) is 4. The van der Waals surface area contributed by atoms with Crippen molar-refractivity contribution < 1.29 is 36.9 Å². The van der Waals surface area contributed by atoms with Crippen LogP contribution in [0.2, 0.25) is 0 Å². The number of allylic oxidation sites excluding steroid dienone is 3. The molecule has 6 rings (SSSR count). The molecule has 0 saturated carbocycles. The van der Waals surface area contributed by atoms with E-state index in [2.05, 4.69) is 11.9 Å². The molecule has 6 heterocycles. The predicted molar refractivity (Wildman–Crippen MR) is 171 cm³/mol. The van der Waals surface area contributed by atoms with Gasteiger partial charge in [0.2, 0.25) is 0 Å². The van der Waals surface area contributed by atoms with Crippen LogP contribution in [0.4, 0.5) is 0 Å². The molecule has 3 aliphatic heterocycles. The molecular formula is C34H32FeN6O4. The Labute approximate surface area is 270 Å². The molecule has 0 aromatic carbocycles. The van der Waals surface area contributed by atoms with Crippen LogP contribution in [0.25, 0.3) is 50.4 Å². The van der Waals surface area contributed by atoms with Gasteiger partial charge in [-0.3, -0.25) is 9.59 Å². The molecule has 11 heteroatoms. The van der Waals surface area contributed by atoms with E-state index in [0.717, 1.165) is 51.4 Å². The average molecular weight is 645 g/mol. The molecule has 3 aliphatic rings. The molecule has 4 N–H and O–H groups in total. The first-order valence-corrected chi connectivity index (χ1v) is 14.5. The van der Waals surface area contributed by atoms with Crippen LogP contribution < -0.4 is 15.3 Å². The number of hydrogen-bond acceptors (Lipinski definition) is 6. The first-order chi connectivity index (χ1) is 21.1. The molecule has 230 valence electrons. The monoisotopic (exact) mass is 644 g/mol. The molecule has 1 fully saturated rings. The van der Waals surface area contributed by atoms with Crippen molar-refractivity contribution in [2.24, 2.45) is 0 Å². The zero-order valence-electron chi connectivity index (χ0n) is 25.1. The number of carbonyl (C=O) groups is 2. The fourth-order valence-electron chi connectivity index (χ4n) is 6.06. The van der Waals surface area contributed by atoms with Crippen molar-refractivity contribution in [3.8, 4) is 0 Å². The third-order valence-corrected chi connectivity index (χ3v) is 8.54. The molecule has 8 bridgehead atoms. The van der Waals surface area contributed by atoms with Gasteiger partial charge in [0, 0.05) is 37.2 Å². The Morgan fingerprint density at radius 1 is 0.889 bits per heavy atom. The van der Waals surface area contributed by atoms with Gasteiger partial charge >= 0.3 is 29.0 Å². The average Bonchev–Trinajstić information content (AvgIpc) is 3.50. The largest absolute Gasteiger partial charge is 2.00 e. The van der Waals surface area contributed by atoms with Crippen LogP contribution in [-0.2, 0) is 33.1 Å². The van der Waals surface area contributed by atoms with Gasteiger partial charge in [0.1, 0.15) is 0 Å². The van der Waals surface area contributed by atoms with Crippen molar-refractivity contribution in [3.05, 3.63) is 75.9 Å². The van der Waals surface area contributed by atoms with Gasteiger partial charge in [-0.15, -0.1) is 22.1 Å². The maximum atomic E-state index is 11.6. The predicted octanol–water partition coefficient (Wildman–Crippen LogP) is 5.23. The van der Waals surface area contributed by atoms with Crippen LogP contribution in [0.5, 0.6) is 0 Å². The van der Waals surface area contributed by atoms with Crippen LogP contribution in [0.15, 0.2) is 30.8 Å². The molecule has 0 aliphatic carbocycles. The summed E-state index contributed by atoms with van der Waals surface area (Å²) in [5.41, 5.74) is 11.9. The fourth-order valence-corrected chi connectivity index (χ4v) is 6.06. The zero-order valence-corrected chi connectivity index (χ0v) is 26.2. The standard InChI is InChI=1S/C34H34N6O4.Fe/c1-5-19-22(14-35)29-13-30-34(31-15-36-31)18(4)25(39-30)10-23-16(2)20(6-8-32(41)42)27(37-23)12-28-21(7-9-33(43)44)17(3)24(38-28)11-26(19)40-29;/h5,10-14,31,36H,1,6-9,15H2,2-4H3,(H5,35,37,38,39,40,41,42,43,44);/q;+2/p-2/t31-;/m0./s1. The molecule has 3 aromatic heterocycles. The minimum Gasteiger partial charge on any atom is -0.657 e. The van der Waals surface area contributed by atoms with E-state index in [1.54, 1.807) is 6.08 Å². The second kappa shape index (κ2) is 12.4. The molecule has 0 amide bonds. The summed E-state index contributed by atoms with van der Waals surface area (Å²) >= 11 is 0. The number of carboxylic acid groups (broad SMARTS) is 2. The first-order valence-electron chi connectivity index (χ1n) is 14.5. The summed E-state index contributed by atoms with van der Waals surface area (Å²) in [4.78, 5) is 42.9. The molecule has 0 spiro atoms. The maximum absolute atomic E-state index is 11.6. The van der Waals surface area contributed by atoms with Crippen molar-refractivity contribution in [2.45, 2.75) is 52.5 Å². The molecular weight excluding hydrogens is 612 g/mol. The van der Waals surface area contributed by atoms with E-state index in [0.29, 0.717) is 44.6 Å². The normalized spacial score (nSPS) is 15.6. The number of aryl methyl sites for hydroxylation is 2. The summed E-state index contributed by atoms with van der Waals surface area (Å²) in [5.74, 6) is -1.82. The number of nitrogens with one attached hydrogen (secondary N) is 2. The van der Waals surface area contributed by atoms with Gasteiger partial charge in [0.05, 0.1) is 22.8 Å². The van der Waals surface area contributed by atoms with Crippen molar-refractivity contribution in [3.63, 3.8) is 0 Å². The van der Waals surface area contributed by atoms with Gasteiger partial charge in [-0.2, -0.15) is 0 Å². The zero-order chi connectivity index (χ0) is 31.3. The Balaban J connectivity index is 0.00000400. The fraction of sp³-hybridized carbons (Fsp3) is 0.265. The number of rotatable bonds is 9. The number of nitrogens with zero attached hydrogens (tertiary/aromatic N) is 4. The Morgan fingerprint density at radius 3 is 2.09 bits per heavy atom. The van der Waals surface area contributed by atoms with Crippen molar-refractivity contribution in [2.75, 3.05) is 6.54 Å². The molecule has 0 radical (unpaired) electrons. The topological polar surface area (TPSA) is 174 Å². The van der Waals surface area contributed by atoms with Gasteiger partial charge in [0.25, 0.3) is 0 Å². The number of aromatic nitrogens is 4. The molecule has 3 aromatic rings. The quantitative estimate of drug-likeness (QED) is 0.138. The maximum Gasteiger partial charge on any atom is 2.00 e. The summed E-state index contributed by atoms with van der Waals surface area (Å²) in [6, 6.07) is 7.69. The van der Waals surface area contributed by atoms with E-state index in [9.17, 15) is 19.8 Å². The minimum absolute atomic E-state index is 0. The second-order valence-electron chi connectivity index (χ2n) is 11.3. The minimum atomic E-state index is -0.915. The summed E-state index contributed by atoms with van der Waals surface area (Å²) in [5, 5.41) is 30.5. The van der Waals surface area contributed by atoms with Gasteiger partial charge in [-0.1, -0.05) is 48.0 Å². The van der Waals surface area contributed by atoms with Crippen LogP contribution >= 0.6 is 0 Å². The van der Waals surface area contributed by atoms with Crippen LogP contribution in [0.3, 0.4) is 0 Å². The second-order valence-corrected chi connectivity index (χ2v) is 11.3. The van der Waals surface area contributed by atoms with E-state index in [4.69, 9.17) is 25.3 Å². The van der Waals surface area contributed by atoms with E-state index >= 15 is 0 Å². The third-order valence-electron chi connectivity index (χ3n) is 8.54. The number of fused-ring (bicyclic) bond motifs is 8. The van der Waals surface area contributed by atoms with E-state index in [1.807, 2.05) is 45.0 Å². The van der Waals surface area contributed by atoms with E-state index < -0.39 is 11.9 Å². The van der Waals surface area contributed by atoms with Gasteiger partial charge in [-0.25, -0.2) is 9.97 Å². The van der Waals surface area contributed by atoms with Gasteiger partial charge < -0.3 is 30.9 Å². The molecule has 1 atom stereocenters. The molecule has 1 saturated heterocycles. The Kier molecular flexibility index (Phi) is 8.80. The molecule has 10 nitrogen and oxygen atoms in total. The summed E-state index contributed by atoms with van der Waals surface area (Å²) in [7, 11) is 0. The SMILES string of the molecule is C=Cc1c(C=N)c2cc3nc(cc4[n-]c(cc5nc(cc1[n-]2)C(C)=C5CCC(=O)O)c(CCC(=O)O)c4C)C(C)=C3[C@@H]1CN1.[Fe+2]. The number of carboxylic acids is 2. The van der Waals surface area contributed by atoms with Crippen LogP contribution in [0.1, 0.15) is 78.1 Å². The van der Waals surface area contributed by atoms with E-state index in [-0.39, 0.29) is 48.8 Å². The van der Waals surface area contributed by atoms with Crippen LogP contribution in [-0.4, -0.2) is 50.9 Å². The van der Waals surface area contributed by atoms with Crippen LogP contribution in [0, 0.1) is 12.3 Å². The Bertz CT molecular complexity index is 2010. The number of aliphatic carboxylic acids is 2. The first kappa shape index (κ1) is 31.8. The summed E-state index contributed by atoms with van der Waals surface area (Å²) < 4.78 is 0. The smallest absolute Gasteiger partial charge is 0.657 e. The third kappa shape index (κ3) is 5.94. The van der Waals surface area contributed by atoms with Crippen molar-refractivity contribution in [1.82, 2.24) is 25.3 Å².